The molecule has 1 atom stereocenters. The summed E-state index contributed by atoms with van der Waals surface area (Å²) in [6.45, 7) is 6.51. The molecule has 3 aromatic rings. The lowest BCUT2D eigenvalue weighted by atomic mass is 10.0. The first-order valence-electron chi connectivity index (χ1n) is 11.3. The van der Waals surface area contributed by atoms with Crippen molar-refractivity contribution in [3.8, 4) is 5.75 Å². The van der Waals surface area contributed by atoms with Crippen molar-refractivity contribution < 1.29 is 9.53 Å². The summed E-state index contributed by atoms with van der Waals surface area (Å²) in [7, 11) is 0. The third-order valence-electron chi connectivity index (χ3n) is 5.78. The van der Waals surface area contributed by atoms with Crippen molar-refractivity contribution in [2.45, 2.75) is 57.3 Å². The molecular weight excluding hydrogens is 434 g/mol. The molecule has 1 unspecified atom stereocenters. The molecule has 0 spiro atoms. The Bertz CT molecular complexity index is 1100. The van der Waals surface area contributed by atoms with Gasteiger partial charge in [-0.3, -0.25) is 4.79 Å². The summed E-state index contributed by atoms with van der Waals surface area (Å²) < 4.78 is 7.43. The van der Waals surface area contributed by atoms with Gasteiger partial charge in [-0.1, -0.05) is 68.1 Å². The summed E-state index contributed by atoms with van der Waals surface area (Å²) >= 11 is 1.27. The minimum absolute atomic E-state index is 0.0390. The number of thioether (sulfide) groups is 1. The van der Waals surface area contributed by atoms with E-state index in [0.29, 0.717) is 22.8 Å². The van der Waals surface area contributed by atoms with Gasteiger partial charge in [-0.15, -0.1) is 10.2 Å². The van der Waals surface area contributed by atoms with Gasteiger partial charge >= 0.3 is 0 Å². The van der Waals surface area contributed by atoms with E-state index in [1.54, 1.807) is 0 Å². The molecule has 0 saturated heterocycles. The first-order valence-corrected chi connectivity index (χ1v) is 12.3. The molecule has 0 aliphatic heterocycles. The van der Waals surface area contributed by atoms with Crippen molar-refractivity contribution in [1.82, 2.24) is 20.2 Å². The standard InChI is InChI=1S/C25H31N5O2S/c1-16(2)20-12-9-17(3)13-21(20)32-14-22-28-29-25(30(22)26)33-15-23(31)27-24(19-10-11-19)18-7-5-4-6-8-18/h4-9,12-13,16,19,24H,10-11,14-15,26H2,1-3H3,(H,27,31). The van der Waals surface area contributed by atoms with Gasteiger partial charge in [-0.25, -0.2) is 4.68 Å². The van der Waals surface area contributed by atoms with Crippen LogP contribution >= 0.6 is 11.8 Å². The van der Waals surface area contributed by atoms with Gasteiger partial charge in [0.25, 0.3) is 0 Å². The summed E-state index contributed by atoms with van der Waals surface area (Å²) in [5, 5.41) is 12.0. The first-order chi connectivity index (χ1) is 15.9. The molecule has 3 N–H and O–H groups in total. The number of rotatable bonds is 10. The average Bonchev–Trinajstić information content (AvgIpc) is 3.58. The number of ether oxygens (including phenoxy) is 1. The lowest BCUT2D eigenvalue weighted by molar-refractivity contribution is -0.119. The minimum atomic E-state index is -0.0390. The normalized spacial score (nSPS) is 14.3. The van der Waals surface area contributed by atoms with E-state index in [1.807, 2.05) is 31.2 Å². The lowest BCUT2D eigenvalue weighted by Crippen LogP contribution is -2.31. The van der Waals surface area contributed by atoms with Crippen LogP contribution in [-0.4, -0.2) is 26.5 Å². The maximum atomic E-state index is 12.6. The van der Waals surface area contributed by atoms with Gasteiger partial charge in [0.2, 0.25) is 11.1 Å². The van der Waals surface area contributed by atoms with E-state index in [9.17, 15) is 4.79 Å². The molecule has 8 heteroatoms. The molecule has 0 radical (unpaired) electrons. The highest BCUT2D eigenvalue weighted by molar-refractivity contribution is 7.99. The third kappa shape index (κ3) is 5.87. The smallest absolute Gasteiger partial charge is 0.230 e. The Hall–Kier alpha value is -3.00. The third-order valence-corrected chi connectivity index (χ3v) is 6.73. The molecule has 1 aliphatic carbocycles. The Balaban J connectivity index is 1.34. The number of carbonyl (C=O) groups is 1. The van der Waals surface area contributed by atoms with Crippen LogP contribution in [0, 0.1) is 12.8 Å². The summed E-state index contributed by atoms with van der Waals surface area (Å²) in [5.74, 6) is 8.57. The number of nitrogen functional groups attached to an aromatic ring is 1. The number of aryl methyl sites for hydroxylation is 1. The van der Waals surface area contributed by atoms with E-state index in [2.05, 4.69) is 53.6 Å². The van der Waals surface area contributed by atoms with Crippen LogP contribution in [0.4, 0.5) is 0 Å². The van der Waals surface area contributed by atoms with Crippen molar-refractivity contribution in [2.75, 3.05) is 11.6 Å². The fraction of sp³-hybridized carbons (Fsp3) is 0.400. The van der Waals surface area contributed by atoms with Crippen LogP contribution in [-0.2, 0) is 11.4 Å². The van der Waals surface area contributed by atoms with Gasteiger partial charge in [0.05, 0.1) is 11.8 Å². The van der Waals surface area contributed by atoms with Gasteiger partial charge in [0.15, 0.2) is 5.82 Å². The number of nitrogens with zero attached hydrogens (tertiary/aromatic N) is 3. The quantitative estimate of drug-likeness (QED) is 0.341. The second kappa shape index (κ2) is 10.3. The second-order valence-electron chi connectivity index (χ2n) is 8.84. The SMILES string of the molecule is Cc1ccc(C(C)C)c(OCc2nnc(SCC(=O)NC(c3ccccc3)C3CC3)n2N)c1. The monoisotopic (exact) mass is 465 g/mol. The number of amides is 1. The van der Waals surface area contributed by atoms with Crippen LogP contribution in [0.2, 0.25) is 0 Å². The average molecular weight is 466 g/mol. The topological polar surface area (TPSA) is 95.1 Å². The van der Waals surface area contributed by atoms with E-state index in [0.717, 1.165) is 35.3 Å². The summed E-state index contributed by atoms with van der Waals surface area (Å²) in [4.78, 5) is 12.6. The van der Waals surface area contributed by atoms with Crippen LogP contribution < -0.4 is 15.9 Å². The molecule has 1 aliphatic rings. The molecule has 2 aromatic carbocycles. The summed E-state index contributed by atoms with van der Waals surface area (Å²) in [6, 6.07) is 16.4. The van der Waals surface area contributed by atoms with Gasteiger partial charge in [-0.2, -0.15) is 0 Å². The number of nitrogens with two attached hydrogens (primary N) is 1. The number of benzene rings is 2. The number of carbonyl (C=O) groups excluding carboxylic acids is 1. The van der Waals surface area contributed by atoms with Crippen molar-refractivity contribution in [2.24, 2.45) is 5.92 Å². The summed E-state index contributed by atoms with van der Waals surface area (Å²) in [6.07, 6.45) is 2.29. The Kier molecular flexibility index (Phi) is 7.23. The molecule has 1 amide bonds. The predicted molar refractivity (Wildman–Crippen MR) is 131 cm³/mol. The first kappa shape index (κ1) is 23.2. The fourth-order valence-corrected chi connectivity index (χ4v) is 4.48. The Labute approximate surface area is 199 Å². The van der Waals surface area contributed by atoms with Crippen LogP contribution in [0.3, 0.4) is 0 Å². The zero-order valence-corrected chi connectivity index (χ0v) is 20.1. The van der Waals surface area contributed by atoms with E-state index < -0.39 is 0 Å². The molecule has 33 heavy (non-hydrogen) atoms. The maximum absolute atomic E-state index is 12.6. The second-order valence-corrected chi connectivity index (χ2v) is 9.78. The Morgan fingerprint density at radius 2 is 1.97 bits per heavy atom. The van der Waals surface area contributed by atoms with Crippen LogP contribution in [0.1, 0.15) is 61.2 Å². The van der Waals surface area contributed by atoms with Crippen molar-refractivity contribution in [1.29, 1.82) is 0 Å². The number of aromatic nitrogens is 3. The van der Waals surface area contributed by atoms with Gasteiger partial charge in [0.1, 0.15) is 12.4 Å². The maximum Gasteiger partial charge on any atom is 0.230 e. The Morgan fingerprint density at radius 1 is 1.21 bits per heavy atom. The predicted octanol–water partition coefficient (Wildman–Crippen LogP) is 4.36. The number of nitrogens with one attached hydrogen (secondary N) is 1. The number of hydrogen-bond acceptors (Lipinski definition) is 6. The summed E-state index contributed by atoms with van der Waals surface area (Å²) in [5.41, 5.74) is 3.42. The van der Waals surface area contributed by atoms with Crippen molar-refractivity contribution >= 4 is 17.7 Å². The molecule has 7 nitrogen and oxygen atoms in total. The van der Waals surface area contributed by atoms with Gasteiger partial charge in [-0.05, 0) is 54.4 Å². The van der Waals surface area contributed by atoms with E-state index >= 15 is 0 Å². The zero-order valence-electron chi connectivity index (χ0n) is 19.3. The minimum Gasteiger partial charge on any atom is -0.485 e. The molecule has 0 bridgehead atoms. The highest BCUT2D eigenvalue weighted by Crippen LogP contribution is 2.41. The molecule has 1 fully saturated rings. The molecule has 1 aromatic heterocycles. The van der Waals surface area contributed by atoms with Crippen LogP contribution in [0.5, 0.6) is 5.75 Å². The van der Waals surface area contributed by atoms with Crippen molar-refractivity contribution in [3.05, 3.63) is 71.0 Å². The highest BCUT2D eigenvalue weighted by Gasteiger charge is 2.33. The molecule has 174 valence electrons. The van der Waals surface area contributed by atoms with Crippen LogP contribution in [0.15, 0.2) is 53.7 Å². The largest absolute Gasteiger partial charge is 0.485 e. The molecular formula is C25H31N5O2S. The number of hydrogen-bond donors (Lipinski definition) is 2. The van der Waals surface area contributed by atoms with Crippen molar-refractivity contribution in [3.63, 3.8) is 0 Å². The van der Waals surface area contributed by atoms with E-state index in [1.165, 1.54) is 16.4 Å². The molecule has 1 heterocycles. The highest BCUT2D eigenvalue weighted by atomic mass is 32.2. The van der Waals surface area contributed by atoms with Gasteiger partial charge < -0.3 is 15.9 Å². The van der Waals surface area contributed by atoms with E-state index in [4.69, 9.17) is 10.6 Å². The van der Waals surface area contributed by atoms with E-state index in [-0.39, 0.29) is 24.3 Å². The fourth-order valence-electron chi connectivity index (χ4n) is 3.80. The Morgan fingerprint density at radius 3 is 2.67 bits per heavy atom. The molecule has 1 saturated carbocycles. The molecule has 4 rings (SSSR count). The van der Waals surface area contributed by atoms with Crippen LogP contribution in [0.25, 0.3) is 0 Å². The van der Waals surface area contributed by atoms with Gasteiger partial charge in [0, 0.05) is 0 Å². The lowest BCUT2D eigenvalue weighted by Gasteiger charge is -2.18. The zero-order chi connectivity index (χ0) is 23.4.